The first-order valence-corrected chi connectivity index (χ1v) is 4.69. The van der Waals surface area contributed by atoms with Gasteiger partial charge in [0, 0.05) is 5.39 Å². The van der Waals surface area contributed by atoms with Crippen molar-refractivity contribution in [2.24, 2.45) is 0 Å². The number of aromatic nitrogens is 2. The summed E-state index contributed by atoms with van der Waals surface area (Å²) in [6, 6.07) is 6.95. The van der Waals surface area contributed by atoms with E-state index in [2.05, 4.69) is 5.10 Å². The summed E-state index contributed by atoms with van der Waals surface area (Å²) in [5.41, 5.74) is 0.474. The Balaban J connectivity index is 2.78. The molecule has 1 heterocycles. The fourth-order valence-corrected chi connectivity index (χ4v) is 1.89. The van der Waals surface area contributed by atoms with E-state index in [9.17, 15) is 8.78 Å². The number of nitrogens with zero attached hydrogens (tertiary/aromatic N) is 2. The molecular weight excluding hydrogens is 289 g/mol. The number of alkyl halides is 2. The minimum atomic E-state index is -2.58. The van der Waals surface area contributed by atoms with Crippen molar-refractivity contribution >= 4 is 33.5 Å². The van der Waals surface area contributed by atoms with Crippen LogP contribution in [0.25, 0.3) is 10.9 Å². The van der Waals surface area contributed by atoms with Crippen LogP contribution in [-0.2, 0) is 0 Å². The summed E-state index contributed by atoms with van der Waals surface area (Å²) in [4.78, 5) is 0. The number of fused-ring (bicyclic) bond motifs is 1. The van der Waals surface area contributed by atoms with Crippen LogP contribution in [0.5, 0.6) is 0 Å². The van der Waals surface area contributed by atoms with Gasteiger partial charge in [0.1, 0.15) is 3.70 Å². The molecule has 0 N–H and O–H groups in total. The van der Waals surface area contributed by atoms with Crippen molar-refractivity contribution in [2.45, 2.75) is 6.55 Å². The van der Waals surface area contributed by atoms with Gasteiger partial charge in [-0.15, -0.1) is 0 Å². The quantitative estimate of drug-likeness (QED) is 0.739. The lowest BCUT2D eigenvalue weighted by molar-refractivity contribution is 0.0611. The van der Waals surface area contributed by atoms with Crippen molar-refractivity contribution in [3.05, 3.63) is 28.0 Å². The fourth-order valence-electron chi connectivity index (χ4n) is 1.20. The zero-order valence-corrected chi connectivity index (χ0v) is 8.57. The van der Waals surface area contributed by atoms with Crippen LogP contribution in [0.15, 0.2) is 24.3 Å². The van der Waals surface area contributed by atoms with E-state index in [1.54, 1.807) is 18.2 Å². The van der Waals surface area contributed by atoms with Crippen molar-refractivity contribution in [1.29, 1.82) is 0 Å². The zero-order chi connectivity index (χ0) is 9.42. The number of rotatable bonds is 1. The Morgan fingerprint density at radius 1 is 1.31 bits per heavy atom. The predicted octanol–water partition coefficient (Wildman–Crippen LogP) is 3.04. The fraction of sp³-hybridized carbons (Fsp3) is 0.125. The van der Waals surface area contributed by atoms with Crippen molar-refractivity contribution in [2.75, 3.05) is 0 Å². The van der Waals surface area contributed by atoms with Crippen LogP contribution in [0.4, 0.5) is 8.78 Å². The number of para-hydroxylation sites is 1. The Bertz CT molecular complexity index is 439. The Morgan fingerprint density at radius 3 is 2.69 bits per heavy atom. The molecule has 0 bridgehead atoms. The molecule has 5 heteroatoms. The summed E-state index contributed by atoms with van der Waals surface area (Å²) in [5, 5.41) is 4.51. The lowest BCUT2D eigenvalue weighted by Gasteiger charge is -1.98. The molecule has 0 atom stereocenters. The molecule has 0 unspecified atom stereocenters. The van der Waals surface area contributed by atoms with E-state index in [1.807, 2.05) is 28.7 Å². The Hall–Kier alpha value is -0.720. The lowest BCUT2D eigenvalue weighted by atomic mass is 10.3. The maximum absolute atomic E-state index is 12.4. The van der Waals surface area contributed by atoms with Crippen LogP contribution >= 0.6 is 22.6 Å². The molecule has 0 saturated heterocycles. The maximum Gasteiger partial charge on any atom is 0.333 e. The van der Waals surface area contributed by atoms with Gasteiger partial charge < -0.3 is 0 Å². The average molecular weight is 294 g/mol. The van der Waals surface area contributed by atoms with Gasteiger partial charge in [-0.1, -0.05) is 18.2 Å². The number of halogens is 3. The highest BCUT2D eigenvalue weighted by Crippen LogP contribution is 2.23. The first-order chi connectivity index (χ1) is 6.20. The summed E-state index contributed by atoms with van der Waals surface area (Å²) in [5.74, 6) is 0. The van der Waals surface area contributed by atoms with Gasteiger partial charge in [0.05, 0.1) is 5.52 Å². The van der Waals surface area contributed by atoms with Gasteiger partial charge in [-0.2, -0.15) is 13.9 Å². The summed E-state index contributed by atoms with van der Waals surface area (Å²) in [6.07, 6.45) is 0. The monoisotopic (exact) mass is 294 g/mol. The van der Waals surface area contributed by atoms with Gasteiger partial charge >= 0.3 is 6.55 Å². The molecule has 1 aromatic carbocycles. The Morgan fingerprint density at radius 2 is 2.00 bits per heavy atom. The molecule has 68 valence electrons. The third kappa shape index (κ3) is 1.41. The normalized spacial score (nSPS) is 11.4. The van der Waals surface area contributed by atoms with Gasteiger partial charge in [-0.3, -0.25) is 0 Å². The largest absolute Gasteiger partial charge is 0.333 e. The van der Waals surface area contributed by atoms with Gasteiger partial charge in [0.15, 0.2) is 0 Å². The van der Waals surface area contributed by atoms with E-state index in [-0.39, 0.29) is 0 Å². The number of benzene rings is 1. The summed E-state index contributed by atoms with van der Waals surface area (Å²) >= 11 is 1.95. The highest BCUT2D eigenvalue weighted by atomic mass is 127. The van der Waals surface area contributed by atoms with Crippen molar-refractivity contribution in [3.63, 3.8) is 0 Å². The minimum absolute atomic E-state index is 0.474. The molecule has 2 rings (SSSR count). The minimum Gasteiger partial charge on any atom is -0.203 e. The average Bonchev–Trinajstić information content (AvgIpc) is 2.45. The maximum atomic E-state index is 12.4. The molecule has 2 nitrogen and oxygen atoms in total. The first-order valence-electron chi connectivity index (χ1n) is 3.61. The summed E-state index contributed by atoms with van der Waals surface area (Å²) in [6.45, 7) is -2.58. The van der Waals surface area contributed by atoms with Crippen molar-refractivity contribution in [1.82, 2.24) is 9.78 Å². The van der Waals surface area contributed by atoms with Crippen molar-refractivity contribution in [3.8, 4) is 0 Å². The first kappa shape index (κ1) is 8.86. The van der Waals surface area contributed by atoms with Crippen LogP contribution in [-0.4, -0.2) is 9.78 Å². The van der Waals surface area contributed by atoms with Gasteiger partial charge in [-0.25, -0.2) is 4.68 Å². The zero-order valence-electron chi connectivity index (χ0n) is 6.42. The predicted molar refractivity (Wildman–Crippen MR) is 53.7 cm³/mol. The summed E-state index contributed by atoms with van der Waals surface area (Å²) < 4.78 is 26.2. The van der Waals surface area contributed by atoms with E-state index in [0.717, 1.165) is 10.1 Å². The van der Waals surface area contributed by atoms with Gasteiger partial charge in [0.2, 0.25) is 0 Å². The molecule has 0 aliphatic rings. The SMILES string of the molecule is FC(F)n1nc(I)c2ccccc21. The second-order valence-electron chi connectivity index (χ2n) is 2.53. The van der Waals surface area contributed by atoms with E-state index >= 15 is 0 Å². The highest BCUT2D eigenvalue weighted by molar-refractivity contribution is 14.1. The van der Waals surface area contributed by atoms with E-state index in [0.29, 0.717) is 9.22 Å². The lowest BCUT2D eigenvalue weighted by Crippen LogP contribution is -1.99. The molecule has 0 spiro atoms. The third-order valence-corrected chi connectivity index (χ3v) is 2.55. The highest BCUT2D eigenvalue weighted by Gasteiger charge is 2.13. The molecule has 0 aliphatic heterocycles. The molecule has 0 fully saturated rings. The second-order valence-corrected chi connectivity index (χ2v) is 3.55. The van der Waals surface area contributed by atoms with E-state index < -0.39 is 6.55 Å². The standard InChI is InChI=1S/C8H5F2IN2/c9-8(10)13-6-4-2-1-3-5(6)7(11)12-13/h1-4,8H. The molecule has 0 saturated carbocycles. The molecule has 13 heavy (non-hydrogen) atoms. The Kier molecular flexibility index (Phi) is 2.19. The van der Waals surface area contributed by atoms with Crippen LogP contribution in [0, 0.1) is 3.70 Å². The van der Waals surface area contributed by atoms with Crippen molar-refractivity contribution < 1.29 is 8.78 Å². The van der Waals surface area contributed by atoms with E-state index in [4.69, 9.17) is 0 Å². The molecular formula is C8H5F2IN2. The van der Waals surface area contributed by atoms with Gasteiger partial charge in [-0.05, 0) is 28.7 Å². The molecule has 1 aromatic heterocycles. The summed E-state index contributed by atoms with van der Waals surface area (Å²) in [7, 11) is 0. The number of hydrogen-bond acceptors (Lipinski definition) is 1. The second kappa shape index (κ2) is 3.21. The smallest absolute Gasteiger partial charge is 0.203 e. The Labute approximate surface area is 86.7 Å². The van der Waals surface area contributed by atoms with Gasteiger partial charge in [0.25, 0.3) is 0 Å². The molecule has 0 amide bonds. The van der Waals surface area contributed by atoms with E-state index in [1.165, 1.54) is 0 Å². The van der Waals surface area contributed by atoms with Crippen LogP contribution in [0.2, 0.25) is 0 Å². The molecule has 0 radical (unpaired) electrons. The topological polar surface area (TPSA) is 17.8 Å². The van der Waals surface area contributed by atoms with Crippen LogP contribution in [0.3, 0.4) is 0 Å². The molecule has 2 aromatic rings. The third-order valence-electron chi connectivity index (χ3n) is 1.75. The number of hydrogen-bond donors (Lipinski definition) is 0. The van der Waals surface area contributed by atoms with Crippen LogP contribution < -0.4 is 0 Å². The molecule has 0 aliphatic carbocycles. The van der Waals surface area contributed by atoms with Crippen LogP contribution in [0.1, 0.15) is 6.55 Å².